The number of likely N-dealkylation sites (tertiary alicyclic amines) is 1. The summed E-state index contributed by atoms with van der Waals surface area (Å²) in [6, 6.07) is 6.61. The number of nitrogens with zero attached hydrogens (tertiary/aromatic N) is 1. The Bertz CT molecular complexity index is 811. The Balaban J connectivity index is 1.59. The predicted octanol–water partition coefficient (Wildman–Crippen LogP) is 2.16. The van der Waals surface area contributed by atoms with E-state index >= 15 is 0 Å². The quantitative estimate of drug-likeness (QED) is 0.787. The summed E-state index contributed by atoms with van der Waals surface area (Å²) in [6.07, 6.45) is 1.08. The Morgan fingerprint density at radius 1 is 1.37 bits per heavy atom. The van der Waals surface area contributed by atoms with E-state index in [1.54, 1.807) is 23.1 Å². The first-order valence-electron chi connectivity index (χ1n) is 9.37. The molecule has 0 spiro atoms. The van der Waals surface area contributed by atoms with Crippen molar-refractivity contribution in [2.24, 2.45) is 11.8 Å². The third-order valence-electron chi connectivity index (χ3n) is 6.00. The van der Waals surface area contributed by atoms with Gasteiger partial charge in [0.1, 0.15) is 18.2 Å². The number of carbonyl (C=O) groups is 3. The molecule has 0 radical (unpaired) electrons. The van der Waals surface area contributed by atoms with Gasteiger partial charge in [0.05, 0.1) is 6.10 Å². The monoisotopic (exact) mass is 434 g/mol. The van der Waals surface area contributed by atoms with Crippen LogP contribution in [0.5, 0.6) is 0 Å². The number of benzene rings is 1. The lowest BCUT2D eigenvalue weighted by Gasteiger charge is -2.29. The summed E-state index contributed by atoms with van der Waals surface area (Å²) in [5.41, 5.74) is -0.420. The molecular weight excluding hydrogens is 412 g/mol. The Hall–Kier alpha value is -1.73. The number of hydrogen-bond acceptors (Lipinski definition) is 4. The molecule has 1 saturated carbocycles. The Kier molecular flexibility index (Phi) is 4.63. The minimum absolute atomic E-state index is 0.0407. The highest BCUT2D eigenvalue weighted by atomic mass is 79.9. The highest BCUT2D eigenvalue weighted by Crippen LogP contribution is 2.50. The van der Waals surface area contributed by atoms with Crippen molar-refractivity contribution < 1.29 is 19.1 Å². The summed E-state index contributed by atoms with van der Waals surface area (Å²) in [4.78, 5) is 40.1. The molecule has 4 atom stereocenters. The van der Waals surface area contributed by atoms with Gasteiger partial charge in [-0.3, -0.25) is 14.4 Å². The molecule has 1 aromatic carbocycles. The average Bonchev–Trinajstić information content (AvgIpc) is 3.03. The number of halogens is 1. The molecule has 2 unspecified atom stereocenters. The molecule has 1 aliphatic carbocycles. The third kappa shape index (κ3) is 3.10. The van der Waals surface area contributed by atoms with Gasteiger partial charge in [-0.15, -0.1) is 0 Å². The predicted molar refractivity (Wildman–Crippen MR) is 102 cm³/mol. The number of ether oxygens (including phenoxy) is 1. The fourth-order valence-electron chi connectivity index (χ4n) is 4.52. The maximum Gasteiger partial charge on any atom is 0.252 e. The van der Waals surface area contributed by atoms with Gasteiger partial charge in [0.2, 0.25) is 5.91 Å². The van der Waals surface area contributed by atoms with Crippen LogP contribution >= 0.6 is 15.9 Å². The second-order valence-corrected chi connectivity index (χ2v) is 8.95. The lowest BCUT2D eigenvalue weighted by Crippen LogP contribution is -2.55. The number of ketones is 1. The van der Waals surface area contributed by atoms with Crippen molar-refractivity contribution in [3.63, 3.8) is 0 Å². The molecule has 4 rings (SSSR count). The molecule has 3 fully saturated rings. The zero-order valence-corrected chi connectivity index (χ0v) is 17.0. The van der Waals surface area contributed by atoms with Gasteiger partial charge in [0.15, 0.2) is 5.78 Å². The van der Waals surface area contributed by atoms with Crippen molar-refractivity contribution in [1.29, 1.82) is 0 Å². The van der Waals surface area contributed by atoms with E-state index in [2.05, 4.69) is 35.1 Å². The molecule has 0 aromatic heterocycles. The zero-order valence-electron chi connectivity index (χ0n) is 15.4. The lowest BCUT2D eigenvalue weighted by atomic mass is 10.0. The summed E-state index contributed by atoms with van der Waals surface area (Å²) in [5.74, 6) is -0.127. The first-order chi connectivity index (χ1) is 12.8. The summed E-state index contributed by atoms with van der Waals surface area (Å²) in [7, 11) is 0. The van der Waals surface area contributed by atoms with Gasteiger partial charge in [-0.25, -0.2) is 0 Å². The maximum atomic E-state index is 13.5. The normalized spacial score (nSPS) is 31.9. The van der Waals surface area contributed by atoms with Crippen molar-refractivity contribution in [2.45, 2.75) is 44.4 Å². The first-order valence-corrected chi connectivity index (χ1v) is 10.2. The molecule has 2 amide bonds. The molecule has 6 nitrogen and oxygen atoms in total. The summed E-state index contributed by atoms with van der Waals surface area (Å²) >= 11 is 3.37. The van der Waals surface area contributed by atoms with Crippen LogP contribution in [0.3, 0.4) is 0 Å². The first kappa shape index (κ1) is 18.6. The molecule has 1 N–H and O–H groups in total. The standard InChI is InChI=1S/C20H23BrN2O4/c1-11(2)14-9-20(14,22-18(25)12-4-3-5-13(21)8-12)19(26)23-7-6-16-17(23)15(24)10-27-16/h3-5,8,11,14,16-17H,6-7,9-10H2,1-2H3,(H,22,25)/t14?,16-,17-,20?/m1/s1. The number of Topliss-reactive ketones (excluding diaryl/α,β-unsaturated/α-hetero) is 1. The molecule has 7 heteroatoms. The van der Waals surface area contributed by atoms with Gasteiger partial charge in [0.25, 0.3) is 5.91 Å². The van der Waals surface area contributed by atoms with E-state index in [1.165, 1.54) is 0 Å². The smallest absolute Gasteiger partial charge is 0.252 e. The largest absolute Gasteiger partial charge is 0.368 e. The minimum Gasteiger partial charge on any atom is -0.368 e. The Morgan fingerprint density at radius 2 is 2.15 bits per heavy atom. The number of rotatable bonds is 4. The second-order valence-electron chi connectivity index (χ2n) is 8.04. The van der Waals surface area contributed by atoms with E-state index < -0.39 is 11.6 Å². The van der Waals surface area contributed by atoms with Crippen LogP contribution in [0.15, 0.2) is 28.7 Å². The molecule has 3 aliphatic rings. The van der Waals surface area contributed by atoms with Crippen LogP contribution in [0, 0.1) is 11.8 Å². The molecule has 2 heterocycles. The van der Waals surface area contributed by atoms with E-state index in [9.17, 15) is 14.4 Å². The van der Waals surface area contributed by atoms with Crippen molar-refractivity contribution in [3.05, 3.63) is 34.3 Å². The molecule has 27 heavy (non-hydrogen) atoms. The van der Waals surface area contributed by atoms with E-state index in [4.69, 9.17) is 4.74 Å². The number of carbonyl (C=O) groups excluding carboxylic acids is 3. The van der Waals surface area contributed by atoms with Crippen LogP contribution in [-0.2, 0) is 14.3 Å². The number of fused-ring (bicyclic) bond motifs is 1. The van der Waals surface area contributed by atoms with Crippen molar-refractivity contribution in [3.8, 4) is 0 Å². The van der Waals surface area contributed by atoms with E-state index in [0.717, 1.165) is 4.47 Å². The van der Waals surface area contributed by atoms with Crippen molar-refractivity contribution >= 4 is 33.5 Å². The van der Waals surface area contributed by atoms with Gasteiger partial charge in [-0.2, -0.15) is 0 Å². The topological polar surface area (TPSA) is 75.7 Å². The van der Waals surface area contributed by atoms with Crippen molar-refractivity contribution in [1.82, 2.24) is 10.2 Å². The van der Waals surface area contributed by atoms with Crippen LogP contribution in [0.1, 0.15) is 37.0 Å². The van der Waals surface area contributed by atoms with Gasteiger partial charge in [-0.05, 0) is 42.9 Å². The van der Waals surface area contributed by atoms with Crippen LogP contribution in [0.4, 0.5) is 0 Å². The number of hydrogen-bond donors (Lipinski definition) is 1. The van der Waals surface area contributed by atoms with Gasteiger partial charge in [0, 0.05) is 16.6 Å². The fraction of sp³-hybridized carbons (Fsp3) is 0.550. The van der Waals surface area contributed by atoms with Crippen LogP contribution in [-0.4, -0.2) is 53.3 Å². The van der Waals surface area contributed by atoms with E-state index in [1.807, 2.05) is 6.07 Å². The van der Waals surface area contributed by atoms with Crippen LogP contribution in [0.2, 0.25) is 0 Å². The average molecular weight is 435 g/mol. The van der Waals surface area contributed by atoms with E-state index in [0.29, 0.717) is 24.9 Å². The third-order valence-corrected chi connectivity index (χ3v) is 6.49. The minimum atomic E-state index is -0.925. The SMILES string of the molecule is CC(C)C1CC1(NC(=O)c1cccc(Br)c1)C(=O)N1CC[C@H]2OCC(=O)[C@H]21. The van der Waals surface area contributed by atoms with E-state index in [-0.39, 0.29) is 42.1 Å². The van der Waals surface area contributed by atoms with Gasteiger partial charge < -0.3 is 15.0 Å². The van der Waals surface area contributed by atoms with Crippen LogP contribution < -0.4 is 5.32 Å². The summed E-state index contributed by atoms with van der Waals surface area (Å²) < 4.78 is 6.31. The molecule has 0 bridgehead atoms. The molecule has 1 aromatic rings. The summed E-state index contributed by atoms with van der Waals surface area (Å²) in [6.45, 7) is 4.69. The highest BCUT2D eigenvalue weighted by molar-refractivity contribution is 9.10. The van der Waals surface area contributed by atoms with Crippen molar-refractivity contribution in [2.75, 3.05) is 13.2 Å². The van der Waals surface area contributed by atoms with Gasteiger partial charge >= 0.3 is 0 Å². The second kappa shape index (κ2) is 6.71. The fourth-order valence-corrected chi connectivity index (χ4v) is 4.92. The highest BCUT2D eigenvalue weighted by Gasteiger charge is 2.65. The number of nitrogens with one attached hydrogen (secondary N) is 1. The molecule has 144 valence electrons. The Labute approximate surface area is 166 Å². The maximum absolute atomic E-state index is 13.5. The van der Waals surface area contributed by atoms with Gasteiger partial charge in [-0.1, -0.05) is 35.8 Å². The zero-order chi connectivity index (χ0) is 19.3. The Morgan fingerprint density at radius 3 is 2.81 bits per heavy atom. The number of amides is 2. The summed E-state index contributed by atoms with van der Waals surface area (Å²) in [5, 5.41) is 3.01. The molecule has 2 aliphatic heterocycles. The molecule has 2 saturated heterocycles. The van der Waals surface area contributed by atoms with Crippen LogP contribution in [0.25, 0.3) is 0 Å². The molecular formula is C20H23BrN2O4. The lowest BCUT2D eigenvalue weighted by molar-refractivity contribution is -0.139.